The van der Waals surface area contributed by atoms with Crippen LogP contribution in [0.25, 0.3) is 21.7 Å². The molecule has 1 aliphatic rings. The summed E-state index contributed by atoms with van der Waals surface area (Å²) >= 11 is 1.46. The Morgan fingerprint density at radius 2 is 1.76 bits per heavy atom. The van der Waals surface area contributed by atoms with E-state index in [9.17, 15) is 4.79 Å². The molecular formula is C27H33N3O2S. The minimum atomic E-state index is -0.0159. The van der Waals surface area contributed by atoms with E-state index >= 15 is 0 Å². The van der Waals surface area contributed by atoms with Crippen LogP contribution < -0.4 is 10.1 Å². The second-order valence-electron chi connectivity index (χ2n) is 8.73. The molecule has 1 unspecified atom stereocenters. The third-order valence-electron chi connectivity index (χ3n) is 6.41. The molecule has 2 heterocycles. The van der Waals surface area contributed by atoms with Gasteiger partial charge in [0.2, 0.25) is 0 Å². The normalized spacial score (nSPS) is 16.5. The van der Waals surface area contributed by atoms with Gasteiger partial charge in [0.25, 0.3) is 5.91 Å². The van der Waals surface area contributed by atoms with Gasteiger partial charge in [-0.1, -0.05) is 42.8 Å². The van der Waals surface area contributed by atoms with Crippen molar-refractivity contribution in [1.82, 2.24) is 15.2 Å². The highest BCUT2D eigenvalue weighted by Crippen LogP contribution is 2.30. The fourth-order valence-electron chi connectivity index (χ4n) is 4.37. The van der Waals surface area contributed by atoms with Gasteiger partial charge in [-0.3, -0.25) is 4.79 Å². The van der Waals surface area contributed by atoms with Crippen molar-refractivity contribution in [3.63, 3.8) is 0 Å². The second kappa shape index (κ2) is 10.9. The van der Waals surface area contributed by atoms with Gasteiger partial charge in [-0.25, -0.2) is 4.98 Å². The van der Waals surface area contributed by atoms with Gasteiger partial charge in [0.15, 0.2) is 0 Å². The van der Waals surface area contributed by atoms with Gasteiger partial charge in [0.1, 0.15) is 15.6 Å². The number of amides is 1. The van der Waals surface area contributed by atoms with E-state index in [4.69, 9.17) is 4.74 Å². The number of likely N-dealkylation sites (tertiary alicyclic amines) is 1. The van der Waals surface area contributed by atoms with Crippen molar-refractivity contribution in [3.05, 3.63) is 59.1 Å². The van der Waals surface area contributed by atoms with Crippen LogP contribution >= 0.6 is 11.3 Å². The highest BCUT2D eigenvalue weighted by atomic mass is 32.1. The van der Waals surface area contributed by atoms with Crippen LogP contribution in [0, 0.1) is 6.92 Å². The Hall–Kier alpha value is -2.70. The van der Waals surface area contributed by atoms with Crippen molar-refractivity contribution in [1.29, 1.82) is 0 Å². The fraction of sp³-hybridized carbons (Fsp3) is 0.407. The Kier molecular flexibility index (Phi) is 7.78. The Labute approximate surface area is 200 Å². The zero-order valence-corrected chi connectivity index (χ0v) is 20.6. The molecule has 2 aromatic carbocycles. The first-order valence-corrected chi connectivity index (χ1v) is 12.6. The number of carbonyl (C=O) groups excluding carboxylic acids is 1. The average Bonchev–Trinajstić information content (AvgIpc) is 3.24. The molecule has 1 N–H and O–H groups in total. The molecule has 0 saturated carbocycles. The molecule has 1 atom stereocenters. The second-order valence-corrected chi connectivity index (χ2v) is 9.73. The minimum absolute atomic E-state index is 0.0159. The molecule has 174 valence electrons. The van der Waals surface area contributed by atoms with Gasteiger partial charge in [0.05, 0.1) is 12.8 Å². The summed E-state index contributed by atoms with van der Waals surface area (Å²) in [7, 11) is 1.67. The molecule has 1 amide bonds. The largest absolute Gasteiger partial charge is 0.497 e. The molecule has 1 saturated heterocycles. The molecule has 33 heavy (non-hydrogen) atoms. The van der Waals surface area contributed by atoms with Crippen LogP contribution in [0.5, 0.6) is 5.75 Å². The Morgan fingerprint density at radius 1 is 1.09 bits per heavy atom. The maximum atomic E-state index is 12.8. The number of hydrogen-bond acceptors (Lipinski definition) is 5. The summed E-state index contributed by atoms with van der Waals surface area (Å²) in [6, 6.07) is 17.0. The van der Waals surface area contributed by atoms with Gasteiger partial charge >= 0.3 is 0 Å². The zero-order chi connectivity index (χ0) is 23.2. The number of methoxy groups -OCH3 is 1. The first-order valence-electron chi connectivity index (χ1n) is 11.8. The molecule has 0 radical (unpaired) electrons. The monoisotopic (exact) mass is 463 g/mol. The van der Waals surface area contributed by atoms with E-state index in [1.54, 1.807) is 7.11 Å². The van der Waals surface area contributed by atoms with E-state index in [1.165, 1.54) is 37.1 Å². The van der Waals surface area contributed by atoms with Gasteiger partial charge in [-0.2, -0.15) is 0 Å². The summed E-state index contributed by atoms with van der Waals surface area (Å²) in [5.41, 5.74) is 4.09. The third-order valence-corrected chi connectivity index (χ3v) is 7.61. The molecule has 5 nitrogen and oxygen atoms in total. The van der Waals surface area contributed by atoms with Crippen molar-refractivity contribution < 1.29 is 9.53 Å². The van der Waals surface area contributed by atoms with Gasteiger partial charge in [-0.05, 0) is 62.9 Å². The highest BCUT2D eigenvalue weighted by molar-refractivity contribution is 7.17. The van der Waals surface area contributed by atoms with Crippen LogP contribution in [0.15, 0.2) is 48.5 Å². The number of ether oxygens (including phenoxy) is 1. The standard InChI is InChI=1S/C27H33N3O2S/c1-19-7-4-5-17-30(19)18-6-16-28-26(31)25-20(2)29-27(33-25)23-10-8-21(9-11-23)22-12-14-24(32-3)15-13-22/h8-15,19H,4-7,16-18H2,1-3H3,(H,28,31). The van der Waals surface area contributed by atoms with Crippen LogP contribution in [-0.4, -0.2) is 48.6 Å². The fourth-order valence-corrected chi connectivity index (χ4v) is 5.36. The molecule has 0 bridgehead atoms. The van der Waals surface area contributed by atoms with E-state index in [0.717, 1.165) is 46.1 Å². The maximum absolute atomic E-state index is 12.8. The van der Waals surface area contributed by atoms with Crippen LogP contribution in [0.3, 0.4) is 0 Å². The van der Waals surface area contributed by atoms with E-state index in [-0.39, 0.29) is 5.91 Å². The molecular weight excluding hydrogens is 430 g/mol. The number of hydrogen-bond donors (Lipinski definition) is 1. The van der Waals surface area contributed by atoms with E-state index in [2.05, 4.69) is 58.5 Å². The molecule has 1 aliphatic heterocycles. The Bertz CT molecular complexity index is 1060. The lowest BCUT2D eigenvalue weighted by Gasteiger charge is -2.33. The van der Waals surface area contributed by atoms with Gasteiger partial charge < -0.3 is 15.0 Å². The molecule has 3 aromatic rings. The summed E-state index contributed by atoms with van der Waals surface area (Å²) in [5, 5.41) is 3.97. The number of aryl methyl sites for hydroxylation is 1. The molecule has 0 spiro atoms. The number of benzene rings is 2. The SMILES string of the molecule is COc1ccc(-c2ccc(-c3nc(C)c(C(=O)NCCCN4CCCCC4C)s3)cc2)cc1. The van der Waals surface area contributed by atoms with E-state index in [1.807, 2.05) is 19.1 Å². The number of nitrogens with zero attached hydrogens (tertiary/aromatic N) is 2. The predicted octanol–water partition coefficient (Wildman–Crippen LogP) is 5.79. The van der Waals surface area contributed by atoms with Crippen LogP contribution in [0.4, 0.5) is 0 Å². The smallest absolute Gasteiger partial charge is 0.263 e. The van der Waals surface area contributed by atoms with Crippen molar-refractivity contribution in [2.45, 2.75) is 45.6 Å². The predicted molar refractivity (Wildman–Crippen MR) is 136 cm³/mol. The summed E-state index contributed by atoms with van der Waals surface area (Å²) < 4.78 is 5.24. The number of carbonyl (C=O) groups is 1. The highest BCUT2D eigenvalue weighted by Gasteiger charge is 2.18. The number of piperidine rings is 1. The third kappa shape index (κ3) is 5.81. The average molecular weight is 464 g/mol. The summed E-state index contributed by atoms with van der Waals surface area (Å²) in [4.78, 5) is 20.7. The molecule has 0 aliphatic carbocycles. The quantitative estimate of drug-likeness (QED) is 0.430. The van der Waals surface area contributed by atoms with Crippen molar-refractivity contribution in [2.75, 3.05) is 26.7 Å². The van der Waals surface area contributed by atoms with E-state index < -0.39 is 0 Å². The number of nitrogens with one attached hydrogen (secondary N) is 1. The maximum Gasteiger partial charge on any atom is 0.263 e. The van der Waals surface area contributed by atoms with Crippen molar-refractivity contribution >= 4 is 17.2 Å². The van der Waals surface area contributed by atoms with Crippen molar-refractivity contribution in [2.24, 2.45) is 0 Å². The summed E-state index contributed by atoms with van der Waals surface area (Å²) in [5.74, 6) is 0.832. The summed E-state index contributed by atoms with van der Waals surface area (Å²) in [6.07, 6.45) is 4.90. The van der Waals surface area contributed by atoms with Gasteiger partial charge in [0, 0.05) is 24.7 Å². The molecule has 1 aromatic heterocycles. The van der Waals surface area contributed by atoms with Crippen LogP contribution in [0.2, 0.25) is 0 Å². The number of aromatic nitrogens is 1. The van der Waals surface area contributed by atoms with Gasteiger partial charge in [-0.15, -0.1) is 11.3 Å². The van der Waals surface area contributed by atoms with E-state index in [0.29, 0.717) is 17.5 Å². The number of rotatable bonds is 8. The minimum Gasteiger partial charge on any atom is -0.497 e. The Balaban J connectivity index is 1.34. The molecule has 4 rings (SSSR count). The lowest BCUT2D eigenvalue weighted by Crippen LogP contribution is -2.39. The lowest BCUT2D eigenvalue weighted by molar-refractivity contribution is 0.0952. The Morgan fingerprint density at radius 3 is 2.42 bits per heavy atom. The first kappa shape index (κ1) is 23.5. The topological polar surface area (TPSA) is 54.5 Å². The summed E-state index contributed by atoms with van der Waals surface area (Å²) in [6.45, 7) is 7.16. The lowest BCUT2D eigenvalue weighted by atomic mass is 10.0. The first-order chi connectivity index (χ1) is 16.0. The van der Waals surface area contributed by atoms with Crippen molar-refractivity contribution in [3.8, 4) is 27.4 Å². The zero-order valence-electron chi connectivity index (χ0n) is 19.8. The number of thiazole rings is 1. The van der Waals surface area contributed by atoms with Crippen LogP contribution in [0.1, 0.15) is 48.0 Å². The molecule has 6 heteroatoms. The molecule has 1 fully saturated rings. The van der Waals surface area contributed by atoms with Crippen LogP contribution in [-0.2, 0) is 0 Å².